The van der Waals surface area contributed by atoms with Gasteiger partial charge in [0.05, 0.1) is 0 Å². The maximum Gasteiger partial charge on any atom is 0.251 e. The third-order valence-corrected chi connectivity index (χ3v) is 7.78. The van der Waals surface area contributed by atoms with Gasteiger partial charge >= 0.3 is 0 Å². The van der Waals surface area contributed by atoms with E-state index in [1.807, 2.05) is 54.2 Å². The lowest BCUT2D eigenvalue weighted by Crippen LogP contribution is -2.40. The van der Waals surface area contributed by atoms with Crippen molar-refractivity contribution >= 4 is 17.7 Å². The molecular weight excluding hydrogens is 448 g/mol. The van der Waals surface area contributed by atoms with Crippen LogP contribution in [0.15, 0.2) is 77.7 Å². The van der Waals surface area contributed by atoms with E-state index in [1.54, 1.807) is 5.56 Å². The first kappa shape index (κ1) is 25.5. The summed E-state index contributed by atoms with van der Waals surface area (Å²) in [5.74, 6) is 0.0171. The second-order valence-electron chi connectivity index (χ2n) is 9.47. The number of thioether (sulfide) groups is 1. The second kappa shape index (κ2) is 12.9. The van der Waals surface area contributed by atoms with Crippen LogP contribution in [0.25, 0.3) is 11.1 Å². The van der Waals surface area contributed by atoms with Gasteiger partial charge in [-0.2, -0.15) is 0 Å². The quantitative estimate of drug-likeness (QED) is 0.237. The predicted molar refractivity (Wildman–Crippen MR) is 149 cm³/mol. The van der Waals surface area contributed by atoms with E-state index >= 15 is 0 Å². The predicted octanol–water partition coefficient (Wildman–Crippen LogP) is 6.86. The molecule has 35 heavy (non-hydrogen) atoms. The van der Waals surface area contributed by atoms with Crippen LogP contribution in [0.3, 0.4) is 0 Å². The fourth-order valence-electron chi connectivity index (χ4n) is 5.11. The summed E-state index contributed by atoms with van der Waals surface area (Å²) >= 11 is 1.83. The van der Waals surface area contributed by atoms with Crippen molar-refractivity contribution in [3.8, 4) is 11.1 Å². The van der Waals surface area contributed by atoms with E-state index in [4.69, 9.17) is 0 Å². The number of aryl methyl sites for hydroxylation is 1. The zero-order valence-electron chi connectivity index (χ0n) is 21.1. The molecule has 0 saturated carbocycles. The Bertz CT molecular complexity index is 1080. The second-order valence-corrected chi connectivity index (χ2v) is 10.4. The number of benzene rings is 3. The average Bonchev–Trinajstić information content (AvgIpc) is 2.92. The van der Waals surface area contributed by atoms with Gasteiger partial charge < -0.3 is 10.2 Å². The van der Waals surface area contributed by atoms with E-state index in [-0.39, 0.29) is 5.91 Å². The summed E-state index contributed by atoms with van der Waals surface area (Å²) in [6.07, 6.45) is 9.07. The van der Waals surface area contributed by atoms with E-state index in [0.29, 0.717) is 6.04 Å². The van der Waals surface area contributed by atoms with Crippen molar-refractivity contribution in [2.24, 2.45) is 0 Å². The summed E-state index contributed by atoms with van der Waals surface area (Å²) in [7, 11) is 0. The fraction of sp³-hybridized carbons (Fsp3) is 0.387. The Morgan fingerprint density at radius 1 is 0.943 bits per heavy atom. The van der Waals surface area contributed by atoms with Crippen molar-refractivity contribution < 1.29 is 4.79 Å². The highest BCUT2D eigenvalue weighted by molar-refractivity contribution is 7.98. The highest BCUT2D eigenvalue weighted by Gasteiger charge is 2.23. The van der Waals surface area contributed by atoms with Crippen LogP contribution in [0.1, 0.15) is 54.1 Å². The van der Waals surface area contributed by atoms with E-state index in [1.165, 1.54) is 41.7 Å². The van der Waals surface area contributed by atoms with Gasteiger partial charge in [0.25, 0.3) is 5.91 Å². The van der Waals surface area contributed by atoms with Crippen LogP contribution in [0.2, 0.25) is 0 Å². The monoisotopic (exact) mass is 486 g/mol. The molecule has 3 aromatic rings. The van der Waals surface area contributed by atoms with Crippen molar-refractivity contribution in [3.05, 3.63) is 89.5 Å². The van der Waals surface area contributed by atoms with Crippen molar-refractivity contribution in [2.75, 3.05) is 25.9 Å². The minimum absolute atomic E-state index is 0.0171. The van der Waals surface area contributed by atoms with Crippen molar-refractivity contribution in [3.63, 3.8) is 0 Å². The number of amides is 1. The Morgan fingerprint density at radius 3 is 2.46 bits per heavy atom. The van der Waals surface area contributed by atoms with Crippen molar-refractivity contribution in [1.82, 2.24) is 10.2 Å². The van der Waals surface area contributed by atoms with Crippen LogP contribution >= 0.6 is 11.8 Å². The molecule has 3 nitrogen and oxygen atoms in total. The third kappa shape index (κ3) is 6.99. The maximum absolute atomic E-state index is 12.6. The summed E-state index contributed by atoms with van der Waals surface area (Å²) in [5, 5.41) is 3.11. The van der Waals surface area contributed by atoms with E-state index in [2.05, 4.69) is 53.7 Å². The summed E-state index contributed by atoms with van der Waals surface area (Å²) < 4.78 is 0. The Hall–Kier alpha value is -2.56. The molecule has 0 heterocycles. The standard InChI is InChI=1S/C31H38N2OS/c1-3-20-33(29-17-15-26-16-18-30(35-2)23-28(26)22-29)21-8-7-19-32-31(34)27-13-11-25(12-14-27)24-9-5-4-6-10-24/h4-6,9-14,16,18,23,29H,3,7-8,15,17,19-22H2,1-2H3,(H,32,34)/t29-/m1/s1. The van der Waals surface area contributed by atoms with Crippen LogP contribution in [0, 0.1) is 0 Å². The van der Waals surface area contributed by atoms with E-state index in [9.17, 15) is 4.79 Å². The summed E-state index contributed by atoms with van der Waals surface area (Å²) in [6, 6.07) is 25.8. The molecule has 1 N–H and O–H groups in total. The topological polar surface area (TPSA) is 32.3 Å². The Kier molecular flexibility index (Phi) is 9.44. The molecule has 1 aliphatic rings. The van der Waals surface area contributed by atoms with Gasteiger partial charge in [0.15, 0.2) is 0 Å². The number of nitrogens with zero attached hydrogens (tertiary/aromatic N) is 1. The molecule has 0 aromatic heterocycles. The summed E-state index contributed by atoms with van der Waals surface area (Å²) in [6.45, 7) is 5.27. The van der Waals surface area contributed by atoms with Gasteiger partial charge in [0, 0.05) is 23.0 Å². The maximum atomic E-state index is 12.6. The number of hydrogen-bond donors (Lipinski definition) is 1. The molecule has 0 unspecified atom stereocenters. The largest absolute Gasteiger partial charge is 0.352 e. The number of rotatable bonds is 11. The number of hydrogen-bond acceptors (Lipinski definition) is 3. The normalized spacial score (nSPS) is 15.1. The van der Waals surface area contributed by atoms with Gasteiger partial charge in [0.1, 0.15) is 0 Å². The van der Waals surface area contributed by atoms with Gasteiger partial charge in [0.2, 0.25) is 0 Å². The van der Waals surface area contributed by atoms with Crippen LogP contribution in [-0.2, 0) is 12.8 Å². The molecule has 1 atom stereocenters. The lowest BCUT2D eigenvalue weighted by atomic mass is 9.87. The lowest BCUT2D eigenvalue weighted by molar-refractivity contribution is 0.0952. The molecule has 0 fully saturated rings. The van der Waals surface area contributed by atoms with Crippen LogP contribution in [-0.4, -0.2) is 42.7 Å². The minimum atomic E-state index is 0.0171. The molecule has 0 radical (unpaired) electrons. The van der Waals surface area contributed by atoms with Crippen molar-refractivity contribution in [1.29, 1.82) is 0 Å². The van der Waals surface area contributed by atoms with E-state index < -0.39 is 0 Å². The average molecular weight is 487 g/mol. The van der Waals surface area contributed by atoms with Crippen LogP contribution < -0.4 is 5.32 Å². The molecule has 1 aliphatic carbocycles. The van der Waals surface area contributed by atoms with Gasteiger partial charge in [-0.05, 0) is 104 Å². The summed E-state index contributed by atoms with van der Waals surface area (Å²) in [5.41, 5.74) is 6.10. The lowest BCUT2D eigenvalue weighted by Gasteiger charge is -2.35. The zero-order chi connectivity index (χ0) is 24.5. The molecule has 0 aliphatic heterocycles. The molecule has 0 spiro atoms. The fourth-order valence-corrected chi connectivity index (χ4v) is 5.57. The number of carbonyl (C=O) groups is 1. The van der Waals surface area contributed by atoms with Gasteiger partial charge in [-0.3, -0.25) is 4.79 Å². The molecule has 1 amide bonds. The highest BCUT2D eigenvalue weighted by atomic mass is 32.2. The number of unbranched alkanes of at least 4 members (excludes halogenated alkanes) is 1. The molecule has 0 saturated heterocycles. The first-order valence-electron chi connectivity index (χ1n) is 13.0. The van der Waals surface area contributed by atoms with Crippen LogP contribution in [0.4, 0.5) is 0 Å². The number of carbonyl (C=O) groups excluding carboxylic acids is 1. The van der Waals surface area contributed by atoms with Crippen LogP contribution in [0.5, 0.6) is 0 Å². The van der Waals surface area contributed by atoms with Gasteiger partial charge in [-0.1, -0.05) is 55.5 Å². The first-order valence-corrected chi connectivity index (χ1v) is 14.2. The first-order chi connectivity index (χ1) is 17.2. The highest BCUT2D eigenvalue weighted by Crippen LogP contribution is 2.28. The van der Waals surface area contributed by atoms with E-state index in [0.717, 1.165) is 43.6 Å². The molecular formula is C31H38N2OS. The third-order valence-electron chi connectivity index (χ3n) is 7.05. The smallest absolute Gasteiger partial charge is 0.251 e. The van der Waals surface area contributed by atoms with Crippen molar-refractivity contribution in [2.45, 2.75) is 56.4 Å². The Balaban J connectivity index is 1.22. The molecule has 3 aromatic carbocycles. The molecule has 4 rings (SSSR count). The summed E-state index contributed by atoms with van der Waals surface area (Å²) in [4.78, 5) is 16.7. The Morgan fingerprint density at radius 2 is 1.71 bits per heavy atom. The van der Waals surface area contributed by atoms with Gasteiger partial charge in [-0.25, -0.2) is 0 Å². The molecule has 0 bridgehead atoms. The zero-order valence-corrected chi connectivity index (χ0v) is 21.9. The number of fused-ring (bicyclic) bond motifs is 1. The number of nitrogens with one attached hydrogen (secondary N) is 1. The Labute approximate surface area is 215 Å². The SMILES string of the molecule is CCCN(CCCCNC(=O)c1ccc(-c2ccccc2)cc1)[C@@H]1CCc2ccc(SC)cc2C1. The van der Waals surface area contributed by atoms with Gasteiger partial charge in [-0.15, -0.1) is 11.8 Å². The minimum Gasteiger partial charge on any atom is -0.352 e. The molecule has 184 valence electrons. The molecule has 4 heteroatoms.